The molecule has 0 bridgehead atoms. The van der Waals surface area contributed by atoms with E-state index >= 15 is 0 Å². The first-order valence-electron chi connectivity index (χ1n) is 9.57. The Morgan fingerprint density at radius 1 is 1.04 bits per heavy atom. The maximum atomic E-state index is 12.3. The second-order valence-electron chi connectivity index (χ2n) is 7.04. The van der Waals surface area contributed by atoms with Crippen LogP contribution in [-0.2, 0) is 9.53 Å². The number of carbonyl (C=O) groups is 2. The summed E-state index contributed by atoms with van der Waals surface area (Å²) in [7, 11) is 1.34. The highest BCUT2D eigenvalue weighted by Gasteiger charge is 2.18. The van der Waals surface area contributed by atoms with Crippen LogP contribution in [0.15, 0.2) is 48.5 Å². The van der Waals surface area contributed by atoms with Crippen LogP contribution in [0.1, 0.15) is 22.3 Å². The number of ether oxygens (including phenoxy) is 1. The van der Waals surface area contributed by atoms with Crippen LogP contribution in [0.25, 0.3) is 0 Å². The van der Waals surface area contributed by atoms with E-state index in [9.17, 15) is 9.59 Å². The van der Waals surface area contributed by atoms with Crippen LogP contribution in [0.3, 0.4) is 0 Å². The van der Waals surface area contributed by atoms with Gasteiger partial charge in [0.15, 0.2) is 0 Å². The second-order valence-corrected chi connectivity index (χ2v) is 7.04. The van der Waals surface area contributed by atoms with E-state index in [0.717, 1.165) is 32.7 Å². The van der Waals surface area contributed by atoms with Crippen molar-refractivity contribution < 1.29 is 14.3 Å². The van der Waals surface area contributed by atoms with Gasteiger partial charge in [0.2, 0.25) is 5.91 Å². The molecule has 1 aliphatic heterocycles. The van der Waals surface area contributed by atoms with Gasteiger partial charge in [0.05, 0.1) is 12.7 Å². The first-order chi connectivity index (χ1) is 13.5. The van der Waals surface area contributed by atoms with Gasteiger partial charge in [0.25, 0.3) is 0 Å². The summed E-state index contributed by atoms with van der Waals surface area (Å²) in [5.41, 5.74) is 3.57. The molecule has 148 valence electrons. The lowest BCUT2D eigenvalue weighted by Gasteiger charge is -2.36. The van der Waals surface area contributed by atoms with E-state index in [1.807, 2.05) is 0 Å². The van der Waals surface area contributed by atoms with E-state index in [1.54, 1.807) is 24.3 Å². The van der Waals surface area contributed by atoms with Crippen molar-refractivity contribution in [2.24, 2.45) is 0 Å². The lowest BCUT2D eigenvalue weighted by molar-refractivity contribution is -0.116. The van der Waals surface area contributed by atoms with Gasteiger partial charge in [-0.3, -0.25) is 9.69 Å². The second kappa shape index (κ2) is 9.37. The minimum atomic E-state index is -0.414. The molecule has 2 aromatic rings. The Labute approximate surface area is 166 Å². The van der Waals surface area contributed by atoms with Gasteiger partial charge in [-0.05, 0) is 42.8 Å². The molecular formula is C22H27N3O3. The number of carbonyl (C=O) groups excluding carboxylic acids is 2. The standard InChI is InChI=1S/C22H27N3O3/c1-17-5-3-8-20(15-17)25-13-11-24(12-14-25)10-9-21(26)23-19-7-4-6-18(16-19)22(27)28-2/h3-8,15-16H,9-14H2,1-2H3,(H,23,26). The van der Waals surface area contributed by atoms with E-state index < -0.39 is 5.97 Å². The van der Waals surface area contributed by atoms with Crippen LogP contribution in [0.5, 0.6) is 0 Å². The summed E-state index contributed by atoms with van der Waals surface area (Å²) in [5, 5.41) is 2.86. The number of esters is 1. The number of hydrogen-bond donors (Lipinski definition) is 1. The lowest BCUT2D eigenvalue weighted by Crippen LogP contribution is -2.47. The molecule has 0 spiro atoms. The fourth-order valence-corrected chi connectivity index (χ4v) is 3.38. The molecule has 0 atom stereocenters. The highest BCUT2D eigenvalue weighted by molar-refractivity contribution is 5.94. The number of nitrogens with zero attached hydrogens (tertiary/aromatic N) is 2. The van der Waals surface area contributed by atoms with Crippen LogP contribution in [-0.4, -0.2) is 56.6 Å². The van der Waals surface area contributed by atoms with E-state index in [4.69, 9.17) is 4.74 Å². The number of anilines is 2. The fourth-order valence-electron chi connectivity index (χ4n) is 3.38. The molecule has 1 saturated heterocycles. The smallest absolute Gasteiger partial charge is 0.337 e. The SMILES string of the molecule is COC(=O)c1cccc(NC(=O)CCN2CCN(c3cccc(C)c3)CC2)c1. The zero-order valence-corrected chi connectivity index (χ0v) is 16.5. The van der Waals surface area contributed by atoms with E-state index in [1.165, 1.54) is 18.4 Å². The molecule has 28 heavy (non-hydrogen) atoms. The highest BCUT2D eigenvalue weighted by atomic mass is 16.5. The van der Waals surface area contributed by atoms with Gasteiger partial charge in [0, 0.05) is 50.5 Å². The van der Waals surface area contributed by atoms with Crippen LogP contribution in [0.2, 0.25) is 0 Å². The van der Waals surface area contributed by atoms with Gasteiger partial charge < -0.3 is 15.0 Å². The van der Waals surface area contributed by atoms with Crippen molar-refractivity contribution in [3.05, 3.63) is 59.7 Å². The predicted molar refractivity (Wildman–Crippen MR) is 111 cm³/mol. The lowest BCUT2D eigenvalue weighted by atomic mass is 10.2. The van der Waals surface area contributed by atoms with Crippen molar-refractivity contribution in [3.8, 4) is 0 Å². The van der Waals surface area contributed by atoms with Crippen molar-refractivity contribution in [2.75, 3.05) is 50.1 Å². The van der Waals surface area contributed by atoms with Crippen LogP contribution >= 0.6 is 0 Å². The summed E-state index contributed by atoms with van der Waals surface area (Å²) < 4.78 is 4.71. The van der Waals surface area contributed by atoms with E-state index in [2.05, 4.69) is 46.3 Å². The number of rotatable bonds is 6. The van der Waals surface area contributed by atoms with E-state index in [0.29, 0.717) is 17.7 Å². The minimum absolute atomic E-state index is 0.0527. The van der Waals surface area contributed by atoms with Gasteiger partial charge in [-0.25, -0.2) is 4.79 Å². The Hall–Kier alpha value is -2.86. The van der Waals surface area contributed by atoms with Gasteiger partial charge in [-0.15, -0.1) is 0 Å². The third kappa shape index (κ3) is 5.33. The first-order valence-corrected chi connectivity index (χ1v) is 9.57. The Balaban J connectivity index is 1.44. The highest BCUT2D eigenvalue weighted by Crippen LogP contribution is 2.18. The maximum absolute atomic E-state index is 12.3. The molecule has 6 nitrogen and oxygen atoms in total. The molecule has 0 radical (unpaired) electrons. The van der Waals surface area contributed by atoms with Crippen molar-refractivity contribution in [2.45, 2.75) is 13.3 Å². The normalized spacial score (nSPS) is 14.6. The number of benzene rings is 2. The summed E-state index contributed by atoms with van der Waals surface area (Å²) >= 11 is 0. The molecule has 1 fully saturated rings. The van der Waals surface area contributed by atoms with Crippen LogP contribution < -0.4 is 10.2 Å². The fraction of sp³-hybridized carbons (Fsp3) is 0.364. The summed E-state index contributed by atoms with van der Waals surface area (Å²) in [6, 6.07) is 15.4. The monoisotopic (exact) mass is 381 g/mol. The molecule has 1 amide bonds. The quantitative estimate of drug-likeness (QED) is 0.780. The minimum Gasteiger partial charge on any atom is -0.465 e. The third-order valence-corrected chi connectivity index (χ3v) is 4.96. The number of nitrogens with one attached hydrogen (secondary N) is 1. The number of piperazine rings is 1. The number of aryl methyl sites for hydroxylation is 1. The third-order valence-electron chi connectivity index (χ3n) is 4.96. The zero-order chi connectivity index (χ0) is 19.9. The van der Waals surface area contributed by atoms with Crippen molar-refractivity contribution in [1.82, 2.24) is 4.90 Å². The molecular weight excluding hydrogens is 354 g/mol. The maximum Gasteiger partial charge on any atom is 0.337 e. The van der Waals surface area contributed by atoms with Crippen LogP contribution in [0.4, 0.5) is 11.4 Å². The van der Waals surface area contributed by atoms with E-state index in [-0.39, 0.29) is 5.91 Å². The van der Waals surface area contributed by atoms with Crippen molar-refractivity contribution in [3.63, 3.8) is 0 Å². The van der Waals surface area contributed by atoms with Gasteiger partial charge in [-0.2, -0.15) is 0 Å². The molecule has 0 unspecified atom stereocenters. The summed E-state index contributed by atoms with van der Waals surface area (Å²) in [4.78, 5) is 28.6. The number of hydrogen-bond acceptors (Lipinski definition) is 5. The number of amides is 1. The molecule has 1 heterocycles. The topological polar surface area (TPSA) is 61.9 Å². The van der Waals surface area contributed by atoms with Gasteiger partial charge in [0.1, 0.15) is 0 Å². The average Bonchev–Trinajstić information content (AvgIpc) is 2.72. The Morgan fingerprint density at radius 3 is 2.50 bits per heavy atom. The molecule has 0 aromatic heterocycles. The van der Waals surface area contributed by atoms with Crippen LogP contribution in [0, 0.1) is 6.92 Å². The predicted octanol–water partition coefficient (Wildman–Crippen LogP) is 2.93. The molecule has 6 heteroatoms. The summed E-state index contributed by atoms with van der Waals surface area (Å²) in [5.74, 6) is -0.467. The molecule has 1 N–H and O–H groups in total. The Bertz CT molecular complexity index is 829. The molecule has 0 aliphatic carbocycles. The number of methoxy groups -OCH3 is 1. The average molecular weight is 381 g/mol. The van der Waals surface area contributed by atoms with Crippen molar-refractivity contribution >= 4 is 23.3 Å². The van der Waals surface area contributed by atoms with Crippen molar-refractivity contribution in [1.29, 1.82) is 0 Å². The molecule has 3 rings (SSSR count). The van der Waals surface area contributed by atoms with Gasteiger partial charge in [-0.1, -0.05) is 18.2 Å². The Morgan fingerprint density at radius 2 is 1.79 bits per heavy atom. The Kier molecular flexibility index (Phi) is 6.66. The largest absolute Gasteiger partial charge is 0.465 e. The molecule has 2 aromatic carbocycles. The summed E-state index contributed by atoms with van der Waals surface area (Å²) in [6.45, 7) is 6.65. The molecule has 1 aliphatic rings. The molecule has 0 saturated carbocycles. The first kappa shape index (κ1) is 19.9. The van der Waals surface area contributed by atoms with Gasteiger partial charge >= 0.3 is 5.97 Å². The zero-order valence-electron chi connectivity index (χ0n) is 16.5. The summed E-state index contributed by atoms with van der Waals surface area (Å²) in [6.07, 6.45) is 0.424.